The largest absolute Gasteiger partial charge is 0.311 e. The molecule has 0 aromatic heterocycles. The van der Waals surface area contributed by atoms with Gasteiger partial charge in [0.25, 0.3) is 0 Å². The number of hydrogen-bond donors (Lipinski definition) is 1. The van der Waals surface area contributed by atoms with Gasteiger partial charge in [0.05, 0.1) is 0 Å². The van der Waals surface area contributed by atoms with Gasteiger partial charge >= 0.3 is 0 Å². The standard InChI is InChI=1S/C12H24N2/c1-2-12(6-5-8-13-12)7-11-14-9-3-4-10-14/h13H,2-11H2,1H3. The van der Waals surface area contributed by atoms with Crippen LogP contribution >= 0.6 is 0 Å². The summed E-state index contributed by atoms with van der Waals surface area (Å²) in [5, 5.41) is 3.72. The summed E-state index contributed by atoms with van der Waals surface area (Å²) in [6, 6.07) is 0. The van der Waals surface area contributed by atoms with E-state index in [1.807, 2.05) is 0 Å². The Hall–Kier alpha value is -0.0800. The molecule has 0 aromatic carbocycles. The molecule has 2 aliphatic rings. The van der Waals surface area contributed by atoms with Crippen molar-refractivity contribution in [3.63, 3.8) is 0 Å². The van der Waals surface area contributed by atoms with Crippen LogP contribution < -0.4 is 5.32 Å². The summed E-state index contributed by atoms with van der Waals surface area (Å²) < 4.78 is 0. The van der Waals surface area contributed by atoms with E-state index in [4.69, 9.17) is 0 Å². The van der Waals surface area contributed by atoms with Crippen LogP contribution in [0.15, 0.2) is 0 Å². The average molecular weight is 196 g/mol. The Labute approximate surface area is 88.1 Å². The van der Waals surface area contributed by atoms with Crippen molar-refractivity contribution in [1.82, 2.24) is 10.2 Å². The fourth-order valence-corrected chi connectivity index (χ4v) is 2.94. The lowest BCUT2D eigenvalue weighted by molar-refractivity contribution is 0.255. The first-order valence-electron chi connectivity index (χ1n) is 6.32. The predicted molar refractivity (Wildman–Crippen MR) is 60.5 cm³/mol. The van der Waals surface area contributed by atoms with Gasteiger partial charge < -0.3 is 10.2 Å². The van der Waals surface area contributed by atoms with Gasteiger partial charge in [-0.3, -0.25) is 0 Å². The zero-order chi connectivity index (χ0) is 9.86. The van der Waals surface area contributed by atoms with E-state index >= 15 is 0 Å². The van der Waals surface area contributed by atoms with E-state index in [0.717, 1.165) is 0 Å². The van der Waals surface area contributed by atoms with Crippen LogP contribution in [-0.4, -0.2) is 36.6 Å². The smallest absolute Gasteiger partial charge is 0.0191 e. The van der Waals surface area contributed by atoms with Crippen molar-refractivity contribution in [2.45, 2.75) is 51.0 Å². The molecule has 2 aliphatic heterocycles. The molecule has 1 atom stereocenters. The van der Waals surface area contributed by atoms with Crippen LogP contribution in [0.3, 0.4) is 0 Å². The molecule has 0 radical (unpaired) electrons. The summed E-state index contributed by atoms with van der Waals surface area (Å²) in [4.78, 5) is 2.64. The van der Waals surface area contributed by atoms with Crippen LogP contribution in [0.1, 0.15) is 45.4 Å². The van der Waals surface area contributed by atoms with Crippen molar-refractivity contribution >= 4 is 0 Å². The molecule has 0 spiro atoms. The topological polar surface area (TPSA) is 15.3 Å². The van der Waals surface area contributed by atoms with Crippen LogP contribution in [0.2, 0.25) is 0 Å². The molecule has 2 heteroatoms. The van der Waals surface area contributed by atoms with Gasteiger partial charge in [0.15, 0.2) is 0 Å². The second-order valence-corrected chi connectivity index (χ2v) is 4.96. The predicted octanol–water partition coefficient (Wildman–Crippen LogP) is 2.00. The molecule has 1 N–H and O–H groups in total. The Kier molecular flexibility index (Phi) is 3.45. The van der Waals surface area contributed by atoms with E-state index in [9.17, 15) is 0 Å². The summed E-state index contributed by atoms with van der Waals surface area (Å²) >= 11 is 0. The molecule has 2 nitrogen and oxygen atoms in total. The maximum Gasteiger partial charge on any atom is 0.0191 e. The Bertz CT molecular complexity index is 167. The Morgan fingerprint density at radius 2 is 2.00 bits per heavy atom. The average Bonchev–Trinajstić information content (AvgIpc) is 2.87. The molecule has 0 aliphatic carbocycles. The van der Waals surface area contributed by atoms with E-state index in [1.54, 1.807) is 0 Å². The van der Waals surface area contributed by atoms with Gasteiger partial charge in [-0.05, 0) is 64.7 Å². The van der Waals surface area contributed by atoms with Crippen LogP contribution in [0, 0.1) is 0 Å². The minimum absolute atomic E-state index is 0.503. The molecule has 0 amide bonds. The number of nitrogens with zero attached hydrogens (tertiary/aromatic N) is 1. The minimum atomic E-state index is 0.503. The number of rotatable bonds is 4. The van der Waals surface area contributed by atoms with E-state index in [2.05, 4.69) is 17.1 Å². The molecule has 2 rings (SSSR count). The molecule has 0 aromatic rings. The van der Waals surface area contributed by atoms with Crippen molar-refractivity contribution in [3.8, 4) is 0 Å². The fourth-order valence-electron chi connectivity index (χ4n) is 2.94. The third-order valence-electron chi connectivity index (χ3n) is 4.11. The summed E-state index contributed by atoms with van der Waals surface area (Å²) in [5.74, 6) is 0. The normalized spacial score (nSPS) is 34.1. The monoisotopic (exact) mass is 196 g/mol. The van der Waals surface area contributed by atoms with Crippen molar-refractivity contribution in [3.05, 3.63) is 0 Å². The maximum absolute atomic E-state index is 3.72. The van der Waals surface area contributed by atoms with E-state index in [0.29, 0.717) is 5.54 Å². The van der Waals surface area contributed by atoms with Crippen LogP contribution in [-0.2, 0) is 0 Å². The van der Waals surface area contributed by atoms with Gasteiger partial charge in [-0.15, -0.1) is 0 Å². The third kappa shape index (κ3) is 2.29. The Morgan fingerprint density at radius 3 is 2.57 bits per heavy atom. The molecule has 0 saturated carbocycles. The van der Waals surface area contributed by atoms with Gasteiger partial charge in [-0.1, -0.05) is 6.92 Å². The lowest BCUT2D eigenvalue weighted by Gasteiger charge is -2.30. The number of hydrogen-bond acceptors (Lipinski definition) is 2. The van der Waals surface area contributed by atoms with Crippen molar-refractivity contribution < 1.29 is 0 Å². The fraction of sp³-hybridized carbons (Fsp3) is 1.00. The minimum Gasteiger partial charge on any atom is -0.311 e. The molecule has 2 fully saturated rings. The second-order valence-electron chi connectivity index (χ2n) is 4.96. The molecule has 1 unspecified atom stereocenters. The molecule has 0 bridgehead atoms. The third-order valence-corrected chi connectivity index (χ3v) is 4.11. The van der Waals surface area contributed by atoms with Crippen molar-refractivity contribution in [2.24, 2.45) is 0 Å². The van der Waals surface area contributed by atoms with E-state index in [-0.39, 0.29) is 0 Å². The summed E-state index contributed by atoms with van der Waals surface area (Å²) in [6.45, 7) is 7.59. The number of nitrogens with one attached hydrogen (secondary N) is 1. The van der Waals surface area contributed by atoms with Gasteiger partial charge in [0, 0.05) is 5.54 Å². The van der Waals surface area contributed by atoms with Gasteiger partial charge in [-0.25, -0.2) is 0 Å². The highest BCUT2D eigenvalue weighted by Crippen LogP contribution is 2.27. The molecule has 2 heterocycles. The molecular formula is C12H24N2. The Morgan fingerprint density at radius 1 is 1.21 bits per heavy atom. The van der Waals surface area contributed by atoms with Gasteiger partial charge in [0.1, 0.15) is 0 Å². The van der Waals surface area contributed by atoms with Crippen molar-refractivity contribution in [1.29, 1.82) is 0 Å². The molecule has 14 heavy (non-hydrogen) atoms. The first kappa shape index (κ1) is 10.4. The highest BCUT2D eigenvalue weighted by Gasteiger charge is 2.31. The molecular weight excluding hydrogens is 172 g/mol. The zero-order valence-corrected chi connectivity index (χ0v) is 9.52. The lowest BCUT2D eigenvalue weighted by Crippen LogP contribution is -2.42. The number of likely N-dealkylation sites (tertiary alicyclic amines) is 1. The van der Waals surface area contributed by atoms with E-state index in [1.165, 1.54) is 64.7 Å². The summed E-state index contributed by atoms with van der Waals surface area (Å²) in [6.07, 6.45) is 8.30. The quantitative estimate of drug-likeness (QED) is 0.740. The molecule has 82 valence electrons. The molecule has 2 saturated heterocycles. The van der Waals surface area contributed by atoms with Crippen LogP contribution in [0.25, 0.3) is 0 Å². The summed E-state index contributed by atoms with van der Waals surface area (Å²) in [7, 11) is 0. The SMILES string of the molecule is CCC1(CCN2CCCC2)CCCN1. The zero-order valence-electron chi connectivity index (χ0n) is 9.52. The summed E-state index contributed by atoms with van der Waals surface area (Å²) in [5.41, 5.74) is 0.503. The second kappa shape index (κ2) is 4.63. The maximum atomic E-state index is 3.72. The van der Waals surface area contributed by atoms with Crippen LogP contribution in [0.5, 0.6) is 0 Å². The highest BCUT2D eigenvalue weighted by atomic mass is 15.1. The Balaban J connectivity index is 1.76. The van der Waals surface area contributed by atoms with E-state index < -0.39 is 0 Å². The van der Waals surface area contributed by atoms with Gasteiger partial charge in [0.2, 0.25) is 0 Å². The first-order chi connectivity index (χ1) is 6.85. The van der Waals surface area contributed by atoms with Crippen molar-refractivity contribution in [2.75, 3.05) is 26.2 Å². The first-order valence-corrected chi connectivity index (χ1v) is 6.32. The van der Waals surface area contributed by atoms with Gasteiger partial charge in [-0.2, -0.15) is 0 Å². The van der Waals surface area contributed by atoms with Crippen LogP contribution in [0.4, 0.5) is 0 Å². The lowest BCUT2D eigenvalue weighted by atomic mass is 9.90. The highest BCUT2D eigenvalue weighted by molar-refractivity contribution is 4.92.